The Morgan fingerprint density at radius 1 is 1.02 bits per heavy atom. The molecule has 2 heterocycles. The maximum atomic E-state index is 13.9. The van der Waals surface area contributed by atoms with Gasteiger partial charge in [0.1, 0.15) is 6.04 Å². The number of rotatable bonds is 10. The van der Waals surface area contributed by atoms with Crippen molar-refractivity contribution in [3.8, 4) is 0 Å². The Hall–Kier alpha value is -2.97. The number of hydrogen-bond acceptors (Lipinski definition) is 4. The fourth-order valence-corrected chi connectivity index (χ4v) is 7.74. The van der Waals surface area contributed by atoms with Crippen molar-refractivity contribution in [3.05, 3.63) is 71.4 Å². The fraction of sp³-hybridized carbons (Fsp3) is 0.515. The van der Waals surface area contributed by atoms with Gasteiger partial charge in [-0.15, -0.1) is 0 Å². The quantitative estimate of drug-likeness (QED) is 0.251. The van der Waals surface area contributed by atoms with Gasteiger partial charge in [0, 0.05) is 60.2 Å². The molecule has 8 heteroatoms. The lowest BCUT2D eigenvalue weighted by Crippen LogP contribution is -2.57. The Morgan fingerprint density at radius 3 is 2.51 bits per heavy atom. The van der Waals surface area contributed by atoms with Crippen LogP contribution >= 0.6 is 11.8 Å². The predicted octanol–water partition coefficient (Wildman–Crippen LogP) is 5.16. The number of aromatic amines is 1. The molecule has 0 saturated carbocycles. The van der Waals surface area contributed by atoms with E-state index in [0.717, 1.165) is 53.7 Å². The minimum atomic E-state index is -0.703. The zero-order chi connectivity index (χ0) is 29.0. The van der Waals surface area contributed by atoms with Crippen LogP contribution in [-0.4, -0.2) is 65.0 Å². The molecule has 1 saturated heterocycles. The second kappa shape index (κ2) is 12.9. The smallest absolute Gasteiger partial charge is 0.318 e. The van der Waals surface area contributed by atoms with Crippen LogP contribution in [0.2, 0.25) is 0 Å². The molecule has 5 N–H and O–H groups in total. The second-order valence-electron chi connectivity index (χ2n) is 12.2. The number of nitrogens with two attached hydrogens (primary N) is 1. The van der Waals surface area contributed by atoms with Crippen molar-refractivity contribution in [1.29, 1.82) is 0 Å². The number of likely N-dealkylation sites (tertiary alicyclic amines) is 1. The highest BCUT2D eigenvalue weighted by Crippen LogP contribution is 2.46. The number of urea groups is 1. The van der Waals surface area contributed by atoms with Crippen LogP contribution in [0.5, 0.6) is 0 Å². The van der Waals surface area contributed by atoms with Crippen LogP contribution in [0.15, 0.2) is 54.7 Å². The summed E-state index contributed by atoms with van der Waals surface area (Å²) in [6.07, 6.45) is 6.16. The van der Waals surface area contributed by atoms with Crippen LogP contribution in [0.1, 0.15) is 62.6 Å². The molecule has 1 aromatic heterocycles. The number of piperidine rings is 1. The predicted molar refractivity (Wildman–Crippen MR) is 169 cm³/mol. The number of para-hydroxylation sites is 1. The number of benzene rings is 2. The molecule has 1 aliphatic heterocycles. The van der Waals surface area contributed by atoms with Crippen molar-refractivity contribution in [2.75, 3.05) is 31.1 Å². The highest BCUT2D eigenvalue weighted by Gasteiger charge is 2.42. The molecule has 3 aromatic rings. The van der Waals surface area contributed by atoms with Gasteiger partial charge < -0.3 is 26.3 Å². The molecule has 0 unspecified atom stereocenters. The topological polar surface area (TPSA) is 103 Å². The summed E-state index contributed by atoms with van der Waals surface area (Å²) in [7, 11) is 0. The summed E-state index contributed by atoms with van der Waals surface area (Å²) >= 11 is 1.75. The maximum absolute atomic E-state index is 13.9. The number of aromatic nitrogens is 1. The van der Waals surface area contributed by atoms with Gasteiger partial charge in [-0.1, -0.05) is 63.2 Å². The first kappa shape index (κ1) is 29.5. The second-order valence-corrected chi connectivity index (χ2v) is 13.3. The number of nitrogens with zero attached hydrogens (tertiary/aromatic N) is 1. The third-order valence-corrected chi connectivity index (χ3v) is 10.5. The van der Waals surface area contributed by atoms with E-state index in [-0.39, 0.29) is 35.2 Å². The van der Waals surface area contributed by atoms with Crippen molar-refractivity contribution >= 4 is 34.6 Å². The normalized spacial score (nSPS) is 18.3. The molecule has 1 aliphatic carbocycles. The van der Waals surface area contributed by atoms with Gasteiger partial charge in [-0.2, -0.15) is 11.8 Å². The summed E-state index contributed by atoms with van der Waals surface area (Å²) in [4.78, 5) is 32.9. The van der Waals surface area contributed by atoms with Crippen molar-refractivity contribution < 1.29 is 9.59 Å². The van der Waals surface area contributed by atoms with E-state index in [4.69, 9.17) is 5.73 Å². The zero-order valence-corrected chi connectivity index (χ0v) is 25.4. The van der Waals surface area contributed by atoms with Crippen LogP contribution in [0.3, 0.4) is 0 Å². The number of hydrogen-bond donors (Lipinski definition) is 4. The summed E-state index contributed by atoms with van der Waals surface area (Å²) < 4.78 is 0. The van der Waals surface area contributed by atoms with Gasteiger partial charge in [0.25, 0.3) is 0 Å². The van der Waals surface area contributed by atoms with Gasteiger partial charge in [-0.3, -0.25) is 4.79 Å². The average Bonchev–Trinajstić information content (AvgIpc) is 3.57. The lowest BCUT2D eigenvalue weighted by atomic mass is 9.74. The molecule has 3 amide bonds. The molecular weight excluding hydrogens is 530 g/mol. The highest BCUT2D eigenvalue weighted by molar-refractivity contribution is 7.99. The minimum Gasteiger partial charge on any atom is -0.361 e. The number of H-pyrrole nitrogens is 1. The molecule has 0 radical (unpaired) electrons. The standard InChI is InChI=1S/C33H45N5O2S/c1-22(2)29(21-41-19-16-34)36-31(39)30(23(3)26-20-35-28-11-7-5-9-25(26)28)37-32(40)38-17-14-33(15-18-38)13-12-24-8-4-6-10-27(24)33/h4-11,20,22-23,29-30,35H,12-19,21,34H2,1-3H3,(H,36,39)(H,37,40)/t23-,29-,30+/m0/s1. The summed E-state index contributed by atoms with van der Waals surface area (Å²) in [5.74, 6) is 1.54. The summed E-state index contributed by atoms with van der Waals surface area (Å²) in [6.45, 7) is 8.28. The molecule has 7 nitrogen and oxygen atoms in total. The first-order valence-corrected chi connectivity index (χ1v) is 16.3. The van der Waals surface area contributed by atoms with Crippen LogP contribution < -0.4 is 16.4 Å². The van der Waals surface area contributed by atoms with E-state index < -0.39 is 6.04 Å². The molecule has 2 aliphatic rings. The number of nitrogens with one attached hydrogen (secondary N) is 3. The van der Waals surface area contributed by atoms with E-state index in [2.05, 4.69) is 59.8 Å². The van der Waals surface area contributed by atoms with Gasteiger partial charge in [0.05, 0.1) is 0 Å². The molecule has 41 heavy (non-hydrogen) atoms. The van der Waals surface area contributed by atoms with Crippen LogP contribution in [-0.2, 0) is 16.6 Å². The van der Waals surface area contributed by atoms with E-state index in [1.54, 1.807) is 11.8 Å². The third kappa shape index (κ3) is 6.28. The Morgan fingerprint density at radius 2 is 1.76 bits per heavy atom. The number of amides is 3. The number of thioether (sulfide) groups is 1. The number of fused-ring (bicyclic) bond motifs is 3. The minimum absolute atomic E-state index is 0.00843. The first-order chi connectivity index (χ1) is 19.8. The lowest BCUT2D eigenvalue weighted by molar-refractivity contribution is -0.124. The fourth-order valence-electron chi connectivity index (χ4n) is 6.68. The molecule has 1 spiro atoms. The van der Waals surface area contributed by atoms with Gasteiger partial charge in [0.2, 0.25) is 5.91 Å². The van der Waals surface area contributed by atoms with E-state index in [9.17, 15) is 9.59 Å². The Labute approximate surface area is 248 Å². The number of carbonyl (C=O) groups excluding carboxylic acids is 2. The Bertz CT molecular complexity index is 1350. The molecular formula is C33H45N5O2S. The Balaban J connectivity index is 1.32. The summed E-state index contributed by atoms with van der Waals surface area (Å²) in [5, 5.41) is 7.54. The largest absolute Gasteiger partial charge is 0.361 e. The number of carbonyl (C=O) groups is 2. The molecule has 2 aromatic carbocycles. The highest BCUT2D eigenvalue weighted by atomic mass is 32.2. The zero-order valence-electron chi connectivity index (χ0n) is 24.6. The molecule has 3 atom stereocenters. The van der Waals surface area contributed by atoms with Crippen molar-refractivity contribution in [3.63, 3.8) is 0 Å². The summed E-state index contributed by atoms with van der Waals surface area (Å²) in [5.41, 5.74) is 10.9. The molecule has 220 valence electrons. The molecule has 5 rings (SSSR count). The maximum Gasteiger partial charge on any atom is 0.318 e. The van der Waals surface area contributed by atoms with E-state index in [1.165, 1.54) is 11.1 Å². The van der Waals surface area contributed by atoms with Crippen molar-refractivity contribution in [2.45, 2.75) is 69.9 Å². The van der Waals surface area contributed by atoms with Crippen LogP contribution in [0, 0.1) is 5.92 Å². The van der Waals surface area contributed by atoms with Gasteiger partial charge >= 0.3 is 6.03 Å². The third-order valence-electron chi connectivity index (χ3n) is 9.33. The molecule has 1 fully saturated rings. The monoisotopic (exact) mass is 575 g/mol. The lowest BCUT2D eigenvalue weighted by Gasteiger charge is -2.40. The van der Waals surface area contributed by atoms with Gasteiger partial charge in [-0.05, 0) is 59.8 Å². The summed E-state index contributed by atoms with van der Waals surface area (Å²) in [6, 6.07) is 16.0. The van der Waals surface area contributed by atoms with Crippen LogP contribution in [0.25, 0.3) is 10.9 Å². The SMILES string of the molecule is CC(C)[C@H](CSCCN)NC(=O)[C@H](NC(=O)N1CCC2(CCc3ccccc32)CC1)[C@@H](C)c1c[nH]c2ccccc12. The van der Waals surface area contributed by atoms with E-state index >= 15 is 0 Å². The van der Waals surface area contributed by atoms with Crippen molar-refractivity contribution in [1.82, 2.24) is 20.5 Å². The van der Waals surface area contributed by atoms with Crippen LogP contribution in [0.4, 0.5) is 4.79 Å². The average molecular weight is 576 g/mol. The van der Waals surface area contributed by atoms with Crippen molar-refractivity contribution in [2.24, 2.45) is 11.7 Å². The van der Waals surface area contributed by atoms with E-state index in [0.29, 0.717) is 19.6 Å². The Kier molecular flexibility index (Phi) is 9.29. The van der Waals surface area contributed by atoms with Gasteiger partial charge in [-0.25, -0.2) is 4.79 Å². The molecule has 0 bridgehead atoms. The first-order valence-electron chi connectivity index (χ1n) is 15.1. The van der Waals surface area contributed by atoms with Gasteiger partial charge in [0.15, 0.2) is 0 Å². The van der Waals surface area contributed by atoms with E-state index in [1.807, 2.05) is 36.2 Å². The number of aryl methyl sites for hydroxylation is 1.